The molecule has 1 N–H and O–H groups in total. The molecular weight excluding hydrogens is 362 g/mol. The number of benzene rings is 2. The molecule has 3 rings (SSSR count). The number of methoxy groups -OCH3 is 1. The first kappa shape index (κ1) is 17.7. The Balaban J connectivity index is 1.73. The molecule has 3 aromatic rings. The van der Waals surface area contributed by atoms with Crippen LogP contribution in [0.3, 0.4) is 0 Å². The van der Waals surface area contributed by atoms with Gasteiger partial charge in [0.2, 0.25) is 0 Å². The fourth-order valence-corrected chi connectivity index (χ4v) is 2.88. The topological polar surface area (TPSA) is 68.3 Å². The van der Waals surface area contributed by atoms with Crippen molar-refractivity contribution in [1.29, 1.82) is 0 Å². The van der Waals surface area contributed by atoms with Crippen molar-refractivity contribution in [3.63, 3.8) is 0 Å². The first-order valence-corrected chi connectivity index (χ1v) is 8.26. The second-order valence-corrected chi connectivity index (χ2v) is 6.05. The Morgan fingerprint density at radius 3 is 2.38 bits per heavy atom. The van der Waals surface area contributed by atoms with Crippen molar-refractivity contribution in [1.82, 2.24) is 4.98 Å². The number of ether oxygens (including phenoxy) is 1. The molecule has 0 saturated carbocycles. The first-order valence-electron chi connectivity index (χ1n) is 7.38. The van der Waals surface area contributed by atoms with Crippen LogP contribution in [0.5, 0.6) is 0 Å². The molecule has 0 saturated heterocycles. The van der Waals surface area contributed by atoms with E-state index in [1.54, 1.807) is 5.38 Å². The lowest BCUT2D eigenvalue weighted by Gasteiger charge is -2.03. The lowest BCUT2D eigenvalue weighted by atomic mass is 10.1. The van der Waals surface area contributed by atoms with Gasteiger partial charge in [-0.15, -0.1) is 11.3 Å². The summed E-state index contributed by atoms with van der Waals surface area (Å²) in [6, 6.07) is 9.42. The highest BCUT2D eigenvalue weighted by Gasteiger charge is 2.12. The minimum absolute atomic E-state index is 0.312. The maximum absolute atomic E-state index is 13.3. The molecule has 1 heterocycles. The van der Waals surface area contributed by atoms with E-state index in [1.807, 2.05) is 0 Å². The van der Waals surface area contributed by atoms with Gasteiger partial charge in [-0.1, -0.05) is 0 Å². The van der Waals surface area contributed by atoms with Crippen LogP contribution < -0.4 is 5.32 Å². The van der Waals surface area contributed by atoms with Gasteiger partial charge in [-0.3, -0.25) is 10.1 Å². The Labute approximate surface area is 151 Å². The molecule has 0 unspecified atom stereocenters. The normalized spacial score (nSPS) is 10.4. The van der Waals surface area contributed by atoms with Gasteiger partial charge in [0.25, 0.3) is 5.91 Å². The summed E-state index contributed by atoms with van der Waals surface area (Å²) < 4.78 is 30.9. The number of carbonyl (C=O) groups excluding carboxylic acids is 2. The van der Waals surface area contributed by atoms with Crippen molar-refractivity contribution in [3.8, 4) is 11.3 Å². The number of aromatic nitrogens is 1. The van der Waals surface area contributed by atoms with E-state index in [4.69, 9.17) is 0 Å². The summed E-state index contributed by atoms with van der Waals surface area (Å²) in [5.74, 6) is -2.81. The van der Waals surface area contributed by atoms with Gasteiger partial charge in [0.05, 0.1) is 18.4 Å². The third kappa shape index (κ3) is 3.75. The molecular formula is C18H12F2N2O3S. The number of nitrogens with one attached hydrogen (secondary N) is 1. The van der Waals surface area contributed by atoms with Crippen LogP contribution in [-0.2, 0) is 4.74 Å². The van der Waals surface area contributed by atoms with Crippen molar-refractivity contribution in [2.45, 2.75) is 0 Å². The second kappa shape index (κ2) is 7.40. The third-order valence-corrected chi connectivity index (χ3v) is 4.27. The monoisotopic (exact) mass is 374 g/mol. The molecule has 0 aliphatic carbocycles. The molecule has 2 aromatic carbocycles. The molecule has 0 atom stereocenters. The largest absolute Gasteiger partial charge is 0.465 e. The molecule has 132 valence electrons. The van der Waals surface area contributed by atoms with Crippen LogP contribution >= 0.6 is 11.3 Å². The first-order chi connectivity index (χ1) is 12.5. The number of rotatable bonds is 4. The van der Waals surface area contributed by atoms with Crippen molar-refractivity contribution in [2.24, 2.45) is 0 Å². The summed E-state index contributed by atoms with van der Waals surface area (Å²) in [4.78, 5) is 27.8. The molecule has 8 heteroatoms. The number of hydrogen-bond acceptors (Lipinski definition) is 5. The number of esters is 1. The molecule has 26 heavy (non-hydrogen) atoms. The Morgan fingerprint density at radius 2 is 1.73 bits per heavy atom. The summed E-state index contributed by atoms with van der Waals surface area (Å²) in [7, 11) is 1.27. The number of thiazole rings is 1. The molecule has 5 nitrogen and oxygen atoms in total. The predicted molar refractivity (Wildman–Crippen MR) is 93.2 cm³/mol. The van der Waals surface area contributed by atoms with Gasteiger partial charge in [-0.25, -0.2) is 18.6 Å². The number of anilines is 1. The summed E-state index contributed by atoms with van der Waals surface area (Å²) >= 11 is 1.16. The average molecular weight is 374 g/mol. The van der Waals surface area contributed by atoms with E-state index >= 15 is 0 Å². The molecule has 0 aliphatic rings. The van der Waals surface area contributed by atoms with Crippen LogP contribution in [0.4, 0.5) is 13.9 Å². The molecule has 0 radical (unpaired) electrons. The Kier molecular flexibility index (Phi) is 5.04. The standard InChI is InChI=1S/C18H12F2N2O3S/c1-25-17(24)11-4-2-10(3-5-11)16(23)22-18-21-15(9-26-18)12-6-7-13(19)14(20)8-12/h2-9H,1H3,(H,21,22,23). The highest BCUT2D eigenvalue weighted by Crippen LogP contribution is 2.26. The summed E-state index contributed by atoms with van der Waals surface area (Å²) in [6.45, 7) is 0. The van der Waals surface area contributed by atoms with Gasteiger partial charge in [0.15, 0.2) is 16.8 Å². The van der Waals surface area contributed by atoms with E-state index in [9.17, 15) is 18.4 Å². The average Bonchev–Trinajstić information content (AvgIpc) is 3.12. The molecule has 0 aliphatic heterocycles. The van der Waals surface area contributed by atoms with Crippen LogP contribution in [-0.4, -0.2) is 24.0 Å². The zero-order valence-corrected chi connectivity index (χ0v) is 14.3. The number of hydrogen-bond donors (Lipinski definition) is 1. The highest BCUT2D eigenvalue weighted by molar-refractivity contribution is 7.14. The molecule has 0 bridgehead atoms. The Bertz CT molecular complexity index is 971. The maximum Gasteiger partial charge on any atom is 0.337 e. The lowest BCUT2D eigenvalue weighted by Crippen LogP contribution is -2.12. The van der Waals surface area contributed by atoms with Gasteiger partial charge in [-0.05, 0) is 42.5 Å². The van der Waals surface area contributed by atoms with Crippen LogP contribution in [0.1, 0.15) is 20.7 Å². The molecule has 0 fully saturated rings. The van der Waals surface area contributed by atoms with Gasteiger partial charge in [0, 0.05) is 16.5 Å². The van der Waals surface area contributed by atoms with E-state index in [2.05, 4.69) is 15.0 Å². The SMILES string of the molecule is COC(=O)c1ccc(C(=O)Nc2nc(-c3ccc(F)c(F)c3)cs2)cc1. The van der Waals surface area contributed by atoms with Crippen molar-refractivity contribution in [2.75, 3.05) is 12.4 Å². The number of halogens is 2. The Morgan fingerprint density at radius 1 is 1.04 bits per heavy atom. The maximum atomic E-state index is 13.3. The van der Waals surface area contributed by atoms with Crippen molar-refractivity contribution < 1.29 is 23.1 Å². The predicted octanol–water partition coefficient (Wildman–Crippen LogP) is 4.13. The summed E-state index contributed by atoms with van der Waals surface area (Å²) in [5, 5.41) is 4.56. The fraction of sp³-hybridized carbons (Fsp3) is 0.0556. The third-order valence-electron chi connectivity index (χ3n) is 3.51. The van der Waals surface area contributed by atoms with E-state index in [-0.39, 0.29) is 0 Å². The van der Waals surface area contributed by atoms with Crippen molar-refractivity contribution >= 4 is 28.3 Å². The van der Waals surface area contributed by atoms with Gasteiger partial charge in [0.1, 0.15) is 0 Å². The summed E-state index contributed by atoms with van der Waals surface area (Å²) in [5.41, 5.74) is 1.49. The molecule has 1 amide bonds. The lowest BCUT2D eigenvalue weighted by molar-refractivity contribution is 0.0600. The minimum atomic E-state index is -0.966. The number of carbonyl (C=O) groups is 2. The highest BCUT2D eigenvalue weighted by atomic mass is 32.1. The van der Waals surface area contributed by atoms with Gasteiger partial charge >= 0.3 is 5.97 Å². The van der Waals surface area contributed by atoms with E-state index in [0.29, 0.717) is 27.5 Å². The van der Waals surface area contributed by atoms with Crippen LogP contribution in [0.15, 0.2) is 47.8 Å². The van der Waals surface area contributed by atoms with Crippen molar-refractivity contribution in [3.05, 3.63) is 70.6 Å². The fourth-order valence-electron chi connectivity index (χ4n) is 2.16. The summed E-state index contributed by atoms with van der Waals surface area (Å²) in [6.07, 6.45) is 0. The van der Waals surface area contributed by atoms with E-state index in [0.717, 1.165) is 23.5 Å². The molecule has 0 spiro atoms. The zero-order chi connectivity index (χ0) is 18.7. The minimum Gasteiger partial charge on any atom is -0.465 e. The van der Waals surface area contributed by atoms with Gasteiger partial charge < -0.3 is 4.74 Å². The zero-order valence-electron chi connectivity index (χ0n) is 13.5. The smallest absolute Gasteiger partial charge is 0.337 e. The number of nitrogens with zero attached hydrogens (tertiary/aromatic N) is 1. The number of amides is 1. The van der Waals surface area contributed by atoms with E-state index in [1.165, 1.54) is 37.4 Å². The Hall–Kier alpha value is -3.13. The van der Waals surface area contributed by atoms with E-state index < -0.39 is 23.5 Å². The molecule has 1 aromatic heterocycles. The quantitative estimate of drug-likeness (QED) is 0.698. The second-order valence-electron chi connectivity index (χ2n) is 5.19. The van der Waals surface area contributed by atoms with Crippen LogP contribution in [0, 0.1) is 11.6 Å². The van der Waals surface area contributed by atoms with Gasteiger partial charge in [-0.2, -0.15) is 0 Å². The van der Waals surface area contributed by atoms with Crippen LogP contribution in [0.25, 0.3) is 11.3 Å². The van der Waals surface area contributed by atoms with Crippen LogP contribution in [0.2, 0.25) is 0 Å².